The average molecular weight is 382 g/mol. The Hall–Kier alpha value is -3.81. The molecule has 2 aromatic rings. The maximum Gasteiger partial charge on any atom is 0.350 e. The molecule has 1 aliphatic heterocycles. The van der Waals surface area contributed by atoms with Gasteiger partial charge in [0.25, 0.3) is 5.79 Å². The van der Waals surface area contributed by atoms with Gasteiger partial charge in [-0.15, -0.1) is 0 Å². The fourth-order valence-corrected chi connectivity index (χ4v) is 2.42. The summed E-state index contributed by atoms with van der Waals surface area (Å²) in [6.07, 6.45) is 1.21. The van der Waals surface area contributed by atoms with Gasteiger partial charge in [-0.25, -0.2) is 9.59 Å². The summed E-state index contributed by atoms with van der Waals surface area (Å²) in [5.41, 5.74) is 5.82. The number of carbonyl (C=O) groups is 3. The quantitative estimate of drug-likeness (QED) is 0.464. The molecule has 0 bridgehead atoms. The van der Waals surface area contributed by atoms with Crippen molar-refractivity contribution in [2.45, 2.75) is 19.6 Å². The summed E-state index contributed by atoms with van der Waals surface area (Å²) in [5, 5.41) is 2.86. The molecule has 3 rings (SSSR count). The van der Waals surface area contributed by atoms with Gasteiger partial charge >= 0.3 is 11.9 Å². The molecule has 3 N–H and O–H groups in total. The van der Waals surface area contributed by atoms with Gasteiger partial charge < -0.3 is 25.3 Å². The number of hydrogen-bond acceptors (Lipinski definition) is 7. The normalized spacial score (nSPS) is 15.3. The second kappa shape index (κ2) is 7.43. The van der Waals surface area contributed by atoms with Gasteiger partial charge in [0.05, 0.1) is 5.69 Å². The van der Waals surface area contributed by atoms with E-state index in [1.807, 2.05) is 0 Å². The van der Waals surface area contributed by atoms with Gasteiger partial charge in [0.1, 0.15) is 5.75 Å². The first-order valence-corrected chi connectivity index (χ1v) is 8.35. The molecule has 1 amide bonds. The lowest BCUT2D eigenvalue weighted by atomic mass is 10.2. The van der Waals surface area contributed by atoms with Crippen molar-refractivity contribution in [2.75, 3.05) is 5.32 Å². The molecule has 1 heterocycles. The van der Waals surface area contributed by atoms with Gasteiger partial charge in [0.2, 0.25) is 5.91 Å². The summed E-state index contributed by atoms with van der Waals surface area (Å²) in [6.45, 7) is 2.94. The zero-order valence-electron chi connectivity index (χ0n) is 15.2. The molecule has 8 heteroatoms. The van der Waals surface area contributed by atoms with Crippen LogP contribution in [0.5, 0.6) is 11.5 Å². The minimum absolute atomic E-state index is 0.264. The largest absolute Gasteiger partial charge is 0.455 e. The van der Waals surface area contributed by atoms with Gasteiger partial charge in [-0.2, -0.15) is 0 Å². The number of carbonyl (C=O) groups excluding carboxylic acids is 3. The highest BCUT2D eigenvalue weighted by atomic mass is 16.7. The molecule has 0 aromatic heterocycles. The number of nitrogens with one attached hydrogen (secondary N) is 1. The van der Waals surface area contributed by atoms with Crippen LogP contribution in [0.15, 0.2) is 60.3 Å². The SMILES string of the molecule is CC1(C)OC(=O)C(=CNc2ccccc2Oc2ccc(C(N)=O)cc2)C(=O)O1. The summed E-state index contributed by atoms with van der Waals surface area (Å²) < 4.78 is 15.9. The zero-order chi connectivity index (χ0) is 20.3. The summed E-state index contributed by atoms with van der Waals surface area (Å²) >= 11 is 0. The van der Waals surface area contributed by atoms with E-state index in [1.165, 1.54) is 20.0 Å². The van der Waals surface area contributed by atoms with Crippen molar-refractivity contribution in [3.8, 4) is 11.5 Å². The number of hydrogen-bond donors (Lipinski definition) is 2. The Bertz CT molecular complexity index is 941. The first-order chi connectivity index (χ1) is 13.2. The molecule has 0 saturated carbocycles. The molecule has 28 heavy (non-hydrogen) atoms. The summed E-state index contributed by atoms with van der Waals surface area (Å²) in [4.78, 5) is 35.2. The van der Waals surface area contributed by atoms with Crippen LogP contribution in [-0.4, -0.2) is 23.6 Å². The average Bonchev–Trinajstić information content (AvgIpc) is 2.62. The number of amides is 1. The van der Waals surface area contributed by atoms with Crippen LogP contribution in [0.25, 0.3) is 0 Å². The highest BCUT2D eigenvalue weighted by Gasteiger charge is 2.38. The Labute approximate surface area is 160 Å². The van der Waals surface area contributed by atoms with Crippen LogP contribution in [0.3, 0.4) is 0 Å². The van der Waals surface area contributed by atoms with Crippen molar-refractivity contribution in [3.63, 3.8) is 0 Å². The van der Waals surface area contributed by atoms with E-state index in [4.69, 9.17) is 19.9 Å². The van der Waals surface area contributed by atoms with E-state index in [1.54, 1.807) is 48.5 Å². The summed E-state index contributed by atoms with van der Waals surface area (Å²) in [7, 11) is 0. The third-order valence-electron chi connectivity index (χ3n) is 3.74. The van der Waals surface area contributed by atoms with Crippen LogP contribution in [0.4, 0.5) is 5.69 Å². The lowest BCUT2D eigenvalue weighted by Gasteiger charge is -2.29. The molecule has 0 spiro atoms. The second-order valence-corrected chi connectivity index (χ2v) is 6.37. The summed E-state index contributed by atoms with van der Waals surface area (Å²) in [6, 6.07) is 13.2. The number of benzene rings is 2. The monoisotopic (exact) mass is 382 g/mol. The number of primary amides is 1. The van der Waals surface area contributed by atoms with Crippen molar-refractivity contribution >= 4 is 23.5 Å². The van der Waals surface area contributed by atoms with E-state index in [2.05, 4.69) is 5.32 Å². The fraction of sp³-hybridized carbons (Fsp3) is 0.150. The molecule has 2 aromatic carbocycles. The molecular formula is C20H18N2O6. The number of cyclic esters (lactones) is 2. The van der Waals surface area contributed by atoms with E-state index >= 15 is 0 Å². The minimum atomic E-state index is -1.30. The third-order valence-corrected chi connectivity index (χ3v) is 3.74. The summed E-state index contributed by atoms with van der Waals surface area (Å²) in [5.74, 6) is -2.49. The Morgan fingerprint density at radius 2 is 1.64 bits per heavy atom. The molecule has 1 aliphatic rings. The number of nitrogens with two attached hydrogens (primary N) is 1. The predicted molar refractivity (Wildman–Crippen MR) is 99.4 cm³/mol. The van der Waals surface area contributed by atoms with Crippen molar-refractivity contribution < 1.29 is 28.6 Å². The highest BCUT2D eigenvalue weighted by molar-refractivity contribution is 6.15. The van der Waals surface area contributed by atoms with Crippen molar-refractivity contribution in [3.05, 3.63) is 65.9 Å². The Kier molecular flexibility index (Phi) is 5.04. The van der Waals surface area contributed by atoms with E-state index < -0.39 is 23.6 Å². The molecule has 144 valence electrons. The Morgan fingerprint density at radius 3 is 2.25 bits per heavy atom. The number of esters is 2. The number of anilines is 1. The van der Waals surface area contributed by atoms with E-state index in [9.17, 15) is 14.4 Å². The molecule has 1 saturated heterocycles. The number of para-hydroxylation sites is 2. The van der Waals surface area contributed by atoms with Gasteiger partial charge in [-0.3, -0.25) is 4.79 Å². The standard InChI is InChI=1S/C20H18N2O6/c1-20(2)27-18(24)14(19(25)28-20)11-22-15-5-3-4-6-16(15)26-13-9-7-12(8-10-13)17(21)23/h3-11,22H,1-2H3,(H2,21,23). The number of rotatable bonds is 5. The molecule has 8 nitrogen and oxygen atoms in total. The molecule has 0 aliphatic carbocycles. The van der Waals surface area contributed by atoms with Gasteiger partial charge in [-0.1, -0.05) is 12.1 Å². The van der Waals surface area contributed by atoms with Crippen molar-refractivity contribution in [1.82, 2.24) is 0 Å². The van der Waals surface area contributed by atoms with Crippen LogP contribution >= 0.6 is 0 Å². The predicted octanol–water partition coefficient (Wildman–Crippen LogP) is 2.71. The first kappa shape index (κ1) is 19.0. The Balaban J connectivity index is 1.78. The zero-order valence-corrected chi connectivity index (χ0v) is 15.2. The third kappa shape index (κ3) is 4.29. The van der Waals surface area contributed by atoms with Gasteiger partial charge in [-0.05, 0) is 36.4 Å². The second-order valence-electron chi connectivity index (χ2n) is 6.37. The number of ether oxygens (including phenoxy) is 3. The Morgan fingerprint density at radius 1 is 1.04 bits per heavy atom. The molecule has 0 unspecified atom stereocenters. The van der Waals surface area contributed by atoms with Crippen molar-refractivity contribution in [1.29, 1.82) is 0 Å². The van der Waals surface area contributed by atoms with E-state index in [0.29, 0.717) is 22.7 Å². The smallest absolute Gasteiger partial charge is 0.350 e. The lowest BCUT2D eigenvalue weighted by Crippen LogP contribution is -2.42. The lowest BCUT2D eigenvalue weighted by molar-refractivity contribution is -0.222. The molecular weight excluding hydrogens is 364 g/mol. The van der Waals surface area contributed by atoms with Crippen LogP contribution < -0.4 is 15.8 Å². The van der Waals surface area contributed by atoms with Gasteiger partial charge in [0.15, 0.2) is 11.3 Å². The molecule has 1 fully saturated rings. The molecule has 0 atom stereocenters. The van der Waals surface area contributed by atoms with E-state index in [-0.39, 0.29) is 5.57 Å². The van der Waals surface area contributed by atoms with Crippen LogP contribution in [-0.2, 0) is 19.1 Å². The fourth-order valence-electron chi connectivity index (χ4n) is 2.42. The van der Waals surface area contributed by atoms with Crippen LogP contribution in [0.1, 0.15) is 24.2 Å². The maximum absolute atomic E-state index is 12.0. The minimum Gasteiger partial charge on any atom is -0.455 e. The van der Waals surface area contributed by atoms with Gasteiger partial charge in [0, 0.05) is 25.6 Å². The van der Waals surface area contributed by atoms with Crippen LogP contribution in [0.2, 0.25) is 0 Å². The topological polar surface area (TPSA) is 117 Å². The van der Waals surface area contributed by atoms with Crippen LogP contribution in [0, 0.1) is 0 Å². The highest BCUT2D eigenvalue weighted by Crippen LogP contribution is 2.30. The first-order valence-electron chi connectivity index (χ1n) is 8.35. The van der Waals surface area contributed by atoms with E-state index in [0.717, 1.165) is 0 Å². The molecule has 0 radical (unpaired) electrons. The maximum atomic E-state index is 12.0. The van der Waals surface area contributed by atoms with Crippen molar-refractivity contribution in [2.24, 2.45) is 5.73 Å².